The van der Waals surface area contributed by atoms with Crippen LogP contribution in [0.5, 0.6) is 5.75 Å². The number of hydroxylamine groups is 2. The van der Waals surface area contributed by atoms with Crippen LogP contribution in [0, 0.1) is 0 Å². The molecule has 0 saturated heterocycles. The normalized spacial score (nSPS) is 10.2. The van der Waals surface area contributed by atoms with Gasteiger partial charge in [-0.1, -0.05) is 25.5 Å². The van der Waals surface area contributed by atoms with Gasteiger partial charge in [0, 0.05) is 0 Å². The number of unbranched alkanes of at least 4 members (excludes halogenated alkanes) is 1. The van der Waals surface area contributed by atoms with Crippen LogP contribution in [0.3, 0.4) is 0 Å². The molecule has 0 aliphatic rings. The molecule has 0 aliphatic heterocycles. The highest BCUT2D eigenvalue weighted by atomic mass is 16.5. The first-order valence-corrected chi connectivity index (χ1v) is 6.61. The van der Waals surface area contributed by atoms with E-state index in [-0.39, 0.29) is 6.54 Å². The lowest BCUT2D eigenvalue weighted by atomic mass is 10.1. The minimum absolute atomic E-state index is 0.240. The maximum absolute atomic E-state index is 10.6. The largest absolute Gasteiger partial charge is 0.494 e. The molecule has 0 spiro atoms. The Morgan fingerprint density at radius 3 is 2.58 bits per heavy atom. The van der Waals surface area contributed by atoms with Gasteiger partial charge in [-0.3, -0.25) is 5.21 Å². The monoisotopic (exact) mass is 266 g/mol. The first-order valence-electron chi connectivity index (χ1n) is 6.61. The van der Waals surface area contributed by atoms with Gasteiger partial charge < -0.3 is 10.5 Å². The van der Waals surface area contributed by atoms with Crippen LogP contribution in [-0.4, -0.2) is 29.5 Å². The summed E-state index contributed by atoms with van der Waals surface area (Å²) in [6.45, 7) is 3.11. The van der Waals surface area contributed by atoms with Crippen molar-refractivity contribution in [2.75, 3.05) is 13.2 Å². The van der Waals surface area contributed by atoms with E-state index in [1.165, 1.54) is 0 Å². The second-order valence-corrected chi connectivity index (χ2v) is 4.41. The summed E-state index contributed by atoms with van der Waals surface area (Å²) in [5.41, 5.74) is 6.05. The van der Waals surface area contributed by atoms with Crippen molar-refractivity contribution in [3.8, 4) is 5.75 Å². The molecular weight excluding hydrogens is 244 g/mol. The summed E-state index contributed by atoms with van der Waals surface area (Å²) >= 11 is 0. The maximum Gasteiger partial charge on any atom is 0.338 e. The van der Waals surface area contributed by atoms with Crippen LogP contribution in [0.25, 0.3) is 0 Å². The van der Waals surface area contributed by atoms with Crippen LogP contribution >= 0.6 is 0 Å². The topological polar surface area (TPSA) is 75.8 Å². The number of ether oxygens (including phenoxy) is 1. The van der Waals surface area contributed by atoms with E-state index in [1.54, 1.807) is 0 Å². The second-order valence-electron chi connectivity index (χ2n) is 4.41. The van der Waals surface area contributed by atoms with Gasteiger partial charge in [0.25, 0.3) is 0 Å². The SMILES string of the molecule is CCCCOc1ccc(CCCN(O)C(N)=O)cc1. The first kappa shape index (κ1) is 15.3. The smallest absolute Gasteiger partial charge is 0.338 e. The molecule has 0 radical (unpaired) electrons. The molecule has 0 aliphatic carbocycles. The van der Waals surface area contributed by atoms with E-state index in [1.807, 2.05) is 24.3 Å². The predicted molar refractivity (Wildman–Crippen MR) is 73.2 cm³/mol. The number of carbonyl (C=O) groups is 1. The Balaban J connectivity index is 2.30. The van der Waals surface area contributed by atoms with Gasteiger partial charge in [-0.15, -0.1) is 0 Å². The third kappa shape index (κ3) is 6.10. The molecule has 106 valence electrons. The Morgan fingerprint density at radius 2 is 2.00 bits per heavy atom. The molecule has 0 atom stereocenters. The van der Waals surface area contributed by atoms with Crippen molar-refractivity contribution in [2.45, 2.75) is 32.6 Å². The number of nitrogens with zero attached hydrogens (tertiary/aromatic N) is 1. The molecule has 1 aromatic rings. The molecule has 2 amide bonds. The van der Waals surface area contributed by atoms with Gasteiger partial charge in [-0.05, 0) is 37.0 Å². The van der Waals surface area contributed by atoms with E-state index in [4.69, 9.17) is 15.7 Å². The Kier molecular flexibility index (Phi) is 6.74. The van der Waals surface area contributed by atoms with Gasteiger partial charge in [0.05, 0.1) is 13.2 Å². The maximum atomic E-state index is 10.6. The Labute approximate surface area is 113 Å². The number of hydrogen-bond donors (Lipinski definition) is 2. The fourth-order valence-corrected chi connectivity index (χ4v) is 1.63. The molecule has 19 heavy (non-hydrogen) atoms. The standard InChI is InChI=1S/C14H22N2O3/c1-2-3-11-19-13-8-6-12(7-9-13)5-4-10-16(18)14(15)17/h6-9,18H,2-5,10-11H2,1H3,(H2,15,17). The number of nitrogens with two attached hydrogens (primary N) is 1. The molecule has 1 aromatic carbocycles. The highest BCUT2D eigenvalue weighted by molar-refractivity contribution is 5.70. The Bertz CT molecular complexity index is 379. The molecule has 0 saturated carbocycles. The molecule has 0 fully saturated rings. The van der Waals surface area contributed by atoms with Gasteiger partial charge in [0.15, 0.2) is 0 Å². The van der Waals surface area contributed by atoms with Crippen LogP contribution in [0.4, 0.5) is 4.79 Å². The average molecular weight is 266 g/mol. The van der Waals surface area contributed by atoms with Crippen molar-refractivity contribution < 1.29 is 14.7 Å². The summed E-state index contributed by atoms with van der Waals surface area (Å²) in [6, 6.07) is 7.05. The molecule has 1 rings (SSSR count). The molecule has 0 unspecified atom stereocenters. The van der Waals surface area contributed by atoms with Crippen molar-refractivity contribution in [3.05, 3.63) is 29.8 Å². The van der Waals surface area contributed by atoms with Crippen LogP contribution in [0.2, 0.25) is 0 Å². The molecule has 0 heterocycles. The lowest BCUT2D eigenvalue weighted by Gasteiger charge is -2.11. The van der Waals surface area contributed by atoms with Gasteiger partial charge in [-0.2, -0.15) is 0 Å². The fraction of sp³-hybridized carbons (Fsp3) is 0.500. The minimum Gasteiger partial charge on any atom is -0.494 e. The van der Waals surface area contributed by atoms with Crippen molar-refractivity contribution in [1.82, 2.24) is 5.06 Å². The summed E-state index contributed by atoms with van der Waals surface area (Å²) in [5, 5.41) is 9.64. The van der Waals surface area contributed by atoms with Crippen molar-refractivity contribution in [1.29, 1.82) is 0 Å². The lowest BCUT2D eigenvalue weighted by molar-refractivity contribution is -0.0398. The minimum atomic E-state index is -0.820. The zero-order valence-electron chi connectivity index (χ0n) is 11.3. The third-order valence-corrected chi connectivity index (χ3v) is 2.78. The first-order chi connectivity index (χ1) is 9.13. The van der Waals surface area contributed by atoms with E-state index in [0.29, 0.717) is 11.5 Å². The number of aryl methyl sites for hydroxylation is 1. The quantitative estimate of drug-likeness (QED) is 0.431. The van der Waals surface area contributed by atoms with Gasteiger partial charge >= 0.3 is 6.03 Å². The van der Waals surface area contributed by atoms with E-state index in [2.05, 4.69) is 6.92 Å². The highest BCUT2D eigenvalue weighted by Gasteiger charge is 2.04. The third-order valence-electron chi connectivity index (χ3n) is 2.78. The van der Waals surface area contributed by atoms with Gasteiger partial charge in [-0.25, -0.2) is 9.86 Å². The number of amides is 2. The van der Waals surface area contributed by atoms with Gasteiger partial charge in [0.2, 0.25) is 0 Å². The zero-order chi connectivity index (χ0) is 14.1. The van der Waals surface area contributed by atoms with Crippen LogP contribution in [0.15, 0.2) is 24.3 Å². The summed E-state index contributed by atoms with van der Waals surface area (Å²) in [7, 11) is 0. The summed E-state index contributed by atoms with van der Waals surface area (Å²) in [5.74, 6) is 0.873. The number of primary amides is 1. The van der Waals surface area contributed by atoms with Crippen molar-refractivity contribution in [2.24, 2.45) is 5.73 Å². The molecule has 5 heteroatoms. The number of benzene rings is 1. The molecule has 0 aromatic heterocycles. The molecule has 5 nitrogen and oxygen atoms in total. The zero-order valence-corrected chi connectivity index (χ0v) is 11.3. The summed E-state index contributed by atoms with van der Waals surface area (Å²) < 4.78 is 5.57. The summed E-state index contributed by atoms with van der Waals surface area (Å²) in [4.78, 5) is 10.6. The Hall–Kier alpha value is -1.75. The predicted octanol–water partition coefficient (Wildman–Crippen LogP) is 2.57. The number of urea groups is 1. The van der Waals surface area contributed by atoms with E-state index >= 15 is 0 Å². The highest BCUT2D eigenvalue weighted by Crippen LogP contribution is 2.14. The number of rotatable bonds is 8. The fourth-order valence-electron chi connectivity index (χ4n) is 1.63. The molecule has 3 N–H and O–H groups in total. The van der Waals surface area contributed by atoms with E-state index in [9.17, 15) is 4.79 Å². The van der Waals surface area contributed by atoms with Crippen LogP contribution < -0.4 is 10.5 Å². The van der Waals surface area contributed by atoms with Crippen molar-refractivity contribution in [3.63, 3.8) is 0 Å². The molecule has 0 bridgehead atoms. The van der Waals surface area contributed by atoms with Crippen molar-refractivity contribution >= 4 is 6.03 Å². The summed E-state index contributed by atoms with van der Waals surface area (Å²) in [6.07, 6.45) is 3.62. The number of carbonyl (C=O) groups excluding carboxylic acids is 1. The lowest BCUT2D eigenvalue weighted by Crippen LogP contribution is -2.33. The Morgan fingerprint density at radius 1 is 1.32 bits per heavy atom. The molecular formula is C14H22N2O3. The van der Waals surface area contributed by atoms with Crippen LogP contribution in [0.1, 0.15) is 31.7 Å². The second kappa shape index (κ2) is 8.37. The van der Waals surface area contributed by atoms with E-state index < -0.39 is 6.03 Å². The van der Waals surface area contributed by atoms with Crippen LogP contribution in [-0.2, 0) is 6.42 Å². The number of hydrogen-bond acceptors (Lipinski definition) is 3. The van der Waals surface area contributed by atoms with E-state index in [0.717, 1.165) is 37.2 Å². The van der Waals surface area contributed by atoms with Gasteiger partial charge in [0.1, 0.15) is 5.75 Å². The average Bonchev–Trinajstić information content (AvgIpc) is 2.40.